The van der Waals surface area contributed by atoms with Crippen molar-refractivity contribution in [2.75, 3.05) is 0 Å². The summed E-state index contributed by atoms with van der Waals surface area (Å²) in [4.78, 5) is 11.6. The van der Waals surface area contributed by atoms with Crippen LogP contribution in [0, 0.1) is 5.41 Å². The molecule has 7 heteroatoms. The smallest absolute Gasteiger partial charge is 0.314 e. The van der Waals surface area contributed by atoms with Crippen LogP contribution >= 0.6 is 0 Å². The van der Waals surface area contributed by atoms with Gasteiger partial charge in [-0.3, -0.25) is 4.79 Å². The van der Waals surface area contributed by atoms with Crippen molar-refractivity contribution in [1.29, 1.82) is 0 Å². The first-order valence-corrected chi connectivity index (χ1v) is 4.13. The minimum absolute atomic E-state index is 0.294. The van der Waals surface area contributed by atoms with Crippen molar-refractivity contribution < 1.29 is 18.0 Å². The van der Waals surface area contributed by atoms with Crippen LogP contribution in [-0.2, 0) is 7.05 Å². The number of hydrogen-bond acceptors (Lipinski definition) is 3. The number of Topliss-reactive ketones (excluding diaryl/α,β-unsaturated/α-hetero) is 1. The number of carbonyl (C=O) groups excluding carboxylic acids is 1. The maximum atomic E-state index is 12.5. The molecule has 1 aromatic heterocycles. The monoisotopic (exact) mass is 221 g/mol. The van der Waals surface area contributed by atoms with E-state index in [1.165, 1.54) is 13.4 Å². The third kappa shape index (κ3) is 1.86. The fourth-order valence-corrected chi connectivity index (χ4v) is 0.897. The standard InChI is InChI=1S/C8H10F3N3O/c1-7(2,8(9,10)11)5(15)6-13-12-4-14(6)3/h4H,1-3H3. The van der Waals surface area contributed by atoms with Gasteiger partial charge in [-0.1, -0.05) is 0 Å². The molecule has 0 N–H and O–H groups in total. The van der Waals surface area contributed by atoms with Gasteiger partial charge in [-0.2, -0.15) is 13.2 Å². The van der Waals surface area contributed by atoms with Crippen LogP contribution in [-0.4, -0.2) is 26.7 Å². The molecule has 1 rings (SSSR count). The zero-order chi connectivity index (χ0) is 11.9. The molecule has 0 saturated carbocycles. The van der Waals surface area contributed by atoms with Gasteiger partial charge in [0.05, 0.1) is 0 Å². The Hall–Kier alpha value is -1.40. The molecule has 0 saturated heterocycles. The van der Waals surface area contributed by atoms with Crippen LogP contribution in [0.1, 0.15) is 24.5 Å². The first kappa shape index (κ1) is 11.7. The van der Waals surface area contributed by atoms with Gasteiger partial charge in [-0.25, -0.2) is 0 Å². The summed E-state index contributed by atoms with van der Waals surface area (Å²) in [5, 5.41) is 6.72. The molecule has 1 heterocycles. The first-order valence-electron chi connectivity index (χ1n) is 4.13. The molecule has 0 aliphatic rings. The summed E-state index contributed by atoms with van der Waals surface area (Å²) in [7, 11) is 1.42. The maximum absolute atomic E-state index is 12.5. The van der Waals surface area contributed by atoms with Gasteiger partial charge in [-0.15, -0.1) is 10.2 Å². The molecule has 0 bridgehead atoms. The number of halogens is 3. The van der Waals surface area contributed by atoms with E-state index in [2.05, 4.69) is 10.2 Å². The number of rotatable bonds is 2. The Morgan fingerprint density at radius 1 is 1.40 bits per heavy atom. The zero-order valence-electron chi connectivity index (χ0n) is 8.46. The molecule has 0 spiro atoms. The molecule has 0 aliphatic carbocycles. The lowest BCUT2D eigenvalue weighted by molar-refractivity contribution is -0.192. The van der Waals surface area contributed by atoms with Gasteiger partial charge in [0.25, 0.3) is 0 Å². The Balaban J connectivity index is 3.11. The summed E-state index contributed by atoms with van der Waals surface area (Å²) in [6.07, 6.45) is -3.42. The summed E-state index contributed by atoms with van der Waals surface area (Å²) < 4.78 is 38.8. The van der Waals surface area contributed by atoms with Crippen LogP contribution in [0.5, 0.6) is 0 Å². The summed E-state index contributed by atoms with van der Waals surface area (Å²) in [6.45, 7) is 1.65. The van der Waals surface area contributed by atoms with Crippen molar-refractivity contribution in [2.24, 2.45) is 12.5 Å². The second-order valence-electron chi connectivity index (χ2n) is 3.72. The average Bonchev–Trinajstić information content (AvgIpc) is 2.48. The SMILES string of the molecule is Cn1cnnc1C(=O)C(C)(C)C(F)(F)F. The number of aryl methyl sites for hydroxylation is 1. The van der Waals surface area contributed by atoms with Crippen LogP contribution in [0.25, 0.3) is 0 Å². The topological polar surface area (TPSA) is 47.8 Å². The van der Waals surface area contributed by atoms with Gasteiger partial charge in [0, 0.05) is 7.05 Å². The number of ketones is 1. The second kappa shape index (κ2) is 3.32. The fourth-order valence-electron chi connectivity index (χ4n) is 0.897. The van der Waals surface area contributed by atoms with E-state index < -0.39 is 17.4 Å². The summed E-state index contributed by atoms with van der Waals surface area (Å²) in [5.41, 5.74) is -2.45. The highest BCUT2D eigenvalue weighted by atomic mass is 19.4. The Morgan fingerprint density at radius 3 is 2.27 bits per heavy atom. The summed E-state index contributed by atoms with van der Waals surface area (Å²) >= 11 is 0. The molecule has 0 radical (unpaired) electrons. The highest BCUT2D eigenvalue weighted by Crippen LogP contribution is 2.39. The van der Waals surface area contributed by atoms with Crippen molar-refractivity contribution >= 4 is 5.78 Å². The normalized spacial score (nSPS) is 12.9. The number of hydrogen-bond donors (Lipinski definition) is 0. The van der Waals surface area contributed by atoms with E-state index in [-0.39, 0.29) is 5.82 Å². The largest absolute Gasteiger partial charge is 0.401 e. The van der Waals surface area contributed by atoms with E-state index in [9.17, 15) is 18.0 Å². The number of aromatic nitrogens is 3. The van der Waals surface area contributed by atoms with E-state index in [1.807, 2.05) is 0 Å². The van der Waals surface area contributed by atoms with Crippen molar-refractivity contribution in [1.82, 2.24) is 14.8 Å². The quantitative estimate of drug-likeness (QED) is 0.712. The molecular formula is C8H10F3N3O. The number of alkyl halides is 3. The minimum Gasteiger partial charge on any atom is -0.314 e. The molecule has 15 heavy (non-hydrogen) atoms. The minimum atomic E-state index is -4.60. The van der Waals surface area contributed by atoms with Crippen LogP contribution in [0.4, 0.5) is 13.2 Å². The molecule has 1 aromatic rings. The molecule has 4 nitrogen and oxygen atoms in total. The van der Waals surface area contributed by atoms with E-state index in [4.69, 9.17) is 0 Å². The number of nitrogens with zero attached hydrogens (tertiary/aromatic N) is 3. The van der Waals surface area contributed by atoms with Crippen LogP contribution in [0.2, 0.25) is 0 Å². The summed E-state index contributed by atoms with van der Waals surface area (Å²) in [5.74, 6) is -1.38. The van der Waals surface area contributed by atoms with Crippen molar-refractivity contribution in [3.05, 3.63) is 12.2 Å². The molecule has 0 atom stereocenters. The third-order valence-corrected chi connectivity index (χ3v) is 2.19. The molecule has 0 aromatic carbocycles. The Bertz CT molecular complexity index is 381. The first-order chi connectivity index (χ1) is 6.68. The van der Waals surface area contributed by atoms with Gasteiger partial charge < -0.3 is 4.57 Å². The Labute approximate surface area is 84.1 Å². The van der Waals surface area contributed by atoms with Crippen molar-refractivity contribution in [2.45, 2.75) is 20.0 Å². The Kier molecular flexibility index (Phi) is 2.58. The second-order valence-corrected chi connectivity index (χ2v) is 3.72. The molecular weight excluding hydrogens is 211 g/mol. The van der Waals surface area contributed by atoms with Gasteiger partial charge in [-0.05, 0) is 13.8 Å². The van der Waals surface area contributed by atoms with E-state index in [1.54, 1.807) is 0 Å². The molecule has 0 unspecified atom stereocenters. The fraction of sp³-hybridized carbons (Fsp3) is 0.625. The van der Waals surface area contributed by atoms with E-state index in [0.29, 0.717) is 0 Å². The van der Waals surface area contributed by atoms with Crippen molar-refractivity contribution in [3.63, 3.8) is 0 Å². The average molecular weight is 221 g/mol. The van der Waals surface area contributed by atoms with Gasteiger partial charge in [0.1, 0.15) is 11.7 Å². The van der Waals surface area contributed by atoms with Crippen LogP contribution < -0.4 is 0 Å². The highest BCUT2D eigenvalue weighted by molar-refractivity contribution is 5.97. The summed E-state index contributed by atoms with van der Waals surface area (Å²) in [6, 6.07) is 0. The molecule has 0 fully saturated rings. The van der Waals surface area contributed by atoms with E-state index >= 15 is 0 Å². The molecule has 0 amide bonds. The predicted octanol–water partition coefficient (Wildman–Crippen LogP) is 1.59. The van der Waals surface area contributed by atoms with E-state index in [0.717, 1.165) is 18.4 Å². The maximum Gasteiger partial charge on any atom is 0.401 e. The van der Waals surface area contributed by atoms with Crippen LogP contribution in [0.15, 0.2) is 6.33 Å². The lowest BCUT2D eigenvalue weighted by Crippen LogP contribution is -2.40. The van der Waals surface area contributed by atoms with Crippen LogP contribution in [0.3, 0.4) is 0 Å². The Morgan fingerprint density at radius 2 is 1.93 bits per heavy atom. The zero-order valence-corrected chi connectivity index (χ0v) is 8.46. The van der Waals surface area contributed by atoms with Gasteiger partial charge in [0.2, 0.25) is 11.6 Å². The highest BCUT2D eigenvalue weighted by Gasteiger charge is 2.54. The lowest BCUT2D eigenvalue weighted by atomic mass is 9.87. The van der Waals surface area contributed by atoms with Crippen molar-refractivity contribution in [3.8, 4) is 0 Å². The van der Waals surface area contributed by atoms with Gasteiger partial charge >= 0.3 is 6.18 Å². The molecule has 0 aliphatic heterocycles. The lowest BCUT2D eigenvalue weighted by Gasteiger charge is -2.25. The van der Waals surface area contributed by atoms with Gasteiger partial charge in [0.15, 0.2) is 0 Å². The predicted molar refractivity (Wildman–Crippen MR) is 45.2 cm³/mol. The molecule has 84 valence electrons. The third-order valence-electron chi connectivity index (χ3n) is 2.19. The number of carbonyl (C=O) groups is 1.